The smallest absolute Gasteiger partial charge is 0.224 e. The number of amides is 2. The number of aryl methyl sites for hydroxylation is 1. The number of hydrogen-bond acceptors (Lipinski definition) is 3. The van der Waals surface area contributed by atoms with Gasteiger partial charge in [0.25, 0.3) is 0 Å². The summed E-state index contributed by atoms with van der Waals surface area (Å²) >= 11 is 0. The average Bonchev–Trinajstić information content (AvgIpc) is 3.11. The van der Waals surface area contributed by atoms with Crippen LogP contribution < -0.4 is 10.1 Å². The predicted octanol–water partition coefficient (Wildman–Crippen LogP) is 2.72. The number of ether oxygens (including phenoxy) is 1. The normalized spacial score (nSPS) is 13.1. The summed E-state index contributed by atoms with van der Waals surface area (Å²) in [4.78, 5) is 28.3. The Hall–Kier alpha value is -2.76. The number of aromatic nitrogens is 1. The highest BCUT2D eigenvalue weighted by atomic mass is 16.5. The molecule has 1 aliphatic heterocycles. The molecule has 2 amide bonds. The Kier molecular flexibility index (Phi) is 5.38. The standard InChI is InChI=1S/C19H23N3O3/c1-22(13-15-4-2-10-20-15)19(24)5-3-11-25-16-7-8-17-14(12-16)6-9-18(23)21-17/h2,4,7-8,10,12,20H,3,5-6,9,11,13H2,1H3,(H,21,23). The molecule has 0 atom stereocenters. The van der Waals surface area contributed by atoms with Crippen molar-refractivity contribution in [1.29, 1.82) is 0 Å². The largest absolute Gasteiger partial charge is 0.494 e. The molecule has 3 rings (SSSR count). The van der Waals surface area contributed by atoms with Gasteiger partial charge in [-0.15, -0.1) is 0 Å². The zero-order chi connectivity index (χ0) is 17.6. The van der Waals surface area contributed by atoms with Gasteiger partial charge in [0.05, 0.1) is 13.2 Å². The number of anilines is 1. The summed E-state index contributed by atoms with van der Waals surface area (Å²) in [5, 5.41) is 2.85. The number of H-pyrrole nitrogens is 1. The summed E-state index contributed by atoms with van der Waals surface area (Å²) < 4.78 is 5.75. The molecule has 0 spiro atoms. The predicted molar refractivity (Wildman–Crippen MR) is 95.4 cm³/mol. The molecule has 1 aromatic carbocycles. The van der Waals surface area contributed by atoms with Crippen molar-refractivity contribution in [3.05, 3.63) is 47.8 Å². The number of nitrogens with one attached hydrogen (secondary N) is 2. The second-order valence-electron chi connectivity index (χ2n) is 6.26. The summed E-state index contributed by atoms with van der Waals surface area (Å²) in [6.45, 7) is 1.08. The Morgan fingerprint density at radius 2 is 2.16 bits per heavy atom. The number of hydrogen-bond donors (Lipinski definition) is 2. The highest BCUT2D eigenvalue weighted by Crippen LogP contribution is 2.26. The second kappa shape index (κ2) is 7.88. The first-order valence-corrected chi connectivity index (χ1v) is 8.53. The lowest BCUT2D eigenvalue weighted by Gasteiger charge is -2.18. The first-order chi connectivity index (χ1) is 12.1. The number of fused-ring (bicyclic) bond motifs is 1. The van der Waals surface area contributed by atoms with E-state index in [0.717, 1.165) is 29.1 Å². The molecular weight excluding hydrogens is 318 g/mol. The highest BCUT2D eigenvalue weighted by molar-refractivity contribution is 5.94. The molecule has 1 aromatic heterocycles. The topological polar surface area (TPSA) is 74.4 Å². The minimum absolute atomic E-state index is 0.0585. The number of benzene rings is 1. The molecule has 132 valence electrons. The average molecular weight is 341 g/mol. The first kappa shape index (κ1) is 17.1. The van der Waals surface area contributed by atoms with Crippen molar-refractivity contribution in [3.8, 4) is 5.75 Å². The molecule has 2 heterocycles. The molecule has 0 unspecified atom stereocenters. The fraction of sp³-hybridized carbons (Fsp3) is 0.368. The molecule has 0 fully saturated rings. The fourth-order valence-corrected chi connectivity index (χ4v) is 2.86. The van der Waals surface area contributed by atoms with Crippen molar-refractivity contribution in [2.24, 2.45) is 0 Å². The van der Waals surface area contributed by atoms with E-state index in [1.54, 1.807) is 4.90 Å². The number of aromatic amines is 1. The Labute approximate surface area is 147 Å². The van der Waals surface area contributed by atoms with Crippen LogP contribution in [0, 0.1) is 0 Å². The van der Waals surface area contributed by atoms with Crippen LogP contribution in [0.2, 0.25) is 0 Å². The van der Waals surface area contributed by atoms with E-state index >= 15 is 0 Å². The van der Waals surface area contributed by atoms with Gasteiger partial charge in [-0.1, -0.05) is 0 Å². The van der Waals surface area contributed by atoms with Crippen molar-refractivity contribution in [3.63, 3.8) is 0 Å². The maximum Gasteiger partial charge on any atom is 0.224 e. The zero-order valence-electron chi connectivity index (χ0n) is 14.4. The van der Waals surface area contributed by atoms with E-state index in [9.17, 15) is 9.59 Å². The van der Waals surface area contributed by atoms with Crippen molar-refractivity contribution < 1.29 is 14.3 Å². The van der Waals surface area contributed by atoms with Crippen LogP contribution >= 0.6 is 0 Å². The Bertz CT molecular complexity index is 740. The molecule has 0 saturated heterocycles. The van der Waals surface area contributed by atoms with Gasteiger partial charge >= 0.3 is 0 Å². The number of carbonyl (C=O) groups excluding carboxylic acids is 2. The third kappa shape index (κ3) is 4.62. The van der Waals surface area contributed by atoms with Gasteiger partial charge in [0, 0.05) is 37.5 Å². The second-order valence-corrected chi connectivity index (χ2v) is 6.26. The highest BCUT2D eigenvalue weighted by Gasteiger charge is 2.15. The lowest BCUT2D eigenvalue weighted by atomic mass is 10.0. The van der Waals surface area contributed by atoms with Gasteiger partial charge in [0.2, 0.25) is 11.8 Å². The molecule has 6 nitrogen and oxygen atoms in total. The van der Waals surface area contributed by atoms with Crippen LogP contribution in [0.3, 0.4) is 0 Å². The lowest BCUT2D eigenvalue weighted by Crippen LogP contribution is -2.26. The maximum atomic E-state index is 12.1. The number of rotatable bonds is 7. The van der Waals surface area contributed by atoms with E-state index in [1.807, 2.05) is 43.6 Å². The van der Waals surface area contributed by atoms with E-state index in [1.165, 1.54) is 0 Å². The third-order valence-electron chi connectivity index (χ3n) is 4.27. The van der Waals surface area contributed by atoms with Gasteiger partial charge in [-0.3, -0.25) is 9.59 Å². The molecule has 25 heavy (non-hydrogen) atoms. The first-order valence-electron chi connectivity index (χ1n) is 8.53. The third-order valence-corrected chi connectivity index (χ3v) is 4.27. The molecule has 2 aromatic rings. The van der Waals surface area contributed by atoms with E-state index < -0.39 is 0 Å². The van der Waals surface area contributed by atoms with Crippen LogP contribution in [0.4, 0.5) is 5.69 Å². The Balaban J connectivity index is 1.41. The summed E-state index contributed by atoms with van der Waals surface area (Å²) in [7, 11) is 1.81. The van der Waals surface area contributed by atoms with E-state index in [-0.39, 0.29) is 11.8 Å². The lowest BCUT2D eigenvalue weighted by molar-refractivity contribution is -0.130. The minimum atomic E-state index is 0.0585. The van der Waals surface area contributed by atoms with Gasteiger partial charge in [-0.25, -0.2) is 0 Å². The van der Waals surface area contributed by atoms with Gasteiger partial charge in [0.15, 0.2) is 0 Å². The molecule has 0 radical (unpaired) electrons. The summed E-state index contributed by atoms with van der Waals surface area (Å²) in [6.07, 6.45) is 4.23. The summed E-state index contributed by atoms with van der Waals surface area (Å²) in [5.41, 5.74) is 2.98. The van der Waals surface area contributed by atoms with Gasteiger partial charge < -0.3 is 19.9 Å². The molecule has 2 N–H and O–H groups in total. The van der Waals surface area contributed by atoms with Crippen LogP contribution in [0.1, 0.15) is 30.5 Å². The zero-order valence-corrected chi connectivity index (χ0v) is 14.4. The van der Waals surface area contributed by atoms with E-state index in [0.29, 0.717) is 32.4 Å². The number of carbonyl (C=O) groups is 2. The SMILES string of the molecule is CN(Cc1ccc[nH]1)C(=O)CCCOc1ccc2c(c1)CCC(=O)N2. The quantitative estimate of drug-likeness (QED) is 0.761. The molecule has 6 heteroatoms. The molecule has 1 aliphatic rings. The summed E-state index contributed by atoms with van der Waals surface area (Å²) in [5.74, 6) is 0.941. The van der Waals surface area contributed by atoms with Gasteiger partial charge in [-0.05, 0) is 48.7 Å². The minimum Gasteiger partial charge on any atom is -0.494 e. The van der Waals surface area contributed by atoms with Crippen LogP contribution in [0.5, 0.6) is 5.75 Å². The monoisotopic (exact) mass is 341 g/mol. The maximum absolute atomic E-state index is 12.1. The molecular formula is C19H23N3O3. The van der Waals surface area contributed by atoms with Crippen molar-refractivity contribution in [1.82, 2.24) is 9.88 Å². The van der Waals surface area contributed by atoms with Crippen molar-refractivity contribution in [2.75, 3.05) is 19.0 Å². The fourth-order valence-electron chi connectivity index (χ4n) is 2.86. The van der Waals surface area contributed by atoms with Crippen LogP contribution in [-0.4, -0.2) is 35.4 Å². The van der Waals surface area contributed by atoms with Crippen molar-refractivity contribution in [2.45, 2.75) is 32.2 Å². The molecule has 0 bridgehead atoms. The van der Waals surface area contributed by atoms with Crippen LogP contribution in [0.15, 0.2) is 36.5 Å². The van der Waals surface area contributed by atoms with Gasteiger partial charge in [0.1, 0.15) is 5.75 Å². The van der Waals surface area contributed by atoms with Crippen LogP contribution in [0.25, 0.3) is 0 Å². The van der Waals surface area contributed by atoms with Gasteiger partial charge in [-0.2, -0.15) is 0 Å². The summed E-state index contributed by atoms with van der Waals surface area (Å²) in [6, 6.07) is 9.57. The Morgan fingerprint density at radius 3 is 2.96 bits per heavy atom. The van der Waals surface area contributed by atoms with Crippen LogP contribution in [-0.2, 0) is 22.6 Å². The van der Waals surface area contributed by atoms with E-state index in [2.05, 4.69) is 10.3 Å². The molecule has 0 saturated carbocycles. The number of nitrogens with zero attached hydrogens (tertiary/aromatic N) is 1. The van der Waals surface area contributed by atoms with E-state index in [4.69, 9.17) is 4.74 Å². The van der Waals surface area contributed by atoms with Crippen molar-refractivity contribution >= 4 is 17.5 Å². The Morgan fingerprint density at radius 1 is 1.28 bits per heavy atom. The molecule has 0 aliphatic carbocycles.